The molecule has 0 spiro atoms. The van der Waals surface area contributed by atoms with Gasteiger partial charge in [-0.05, 0) is 12.8 Å². The lowest BCUT2D eigenvalue weighted by atomic mass is 10.1. The largest absolute Gasteiger partial charge is 0.465 e. The van der Waals surface area contributed by atoms with Gasteiger partial charge in [0.1, 0.15) is 0 Å². The third kappa shape index (κ3) is 5.16. The van der Waals surface area contributed by atoms with Crippen LogP contribution in [-0.2, 0) is 9.53 Å². The van der Waals surface area contributed by atoms with E-state index in [4.69, 9.17) is 4.74 Å². The predicted molar refractivity (Wildman–Crippen MR) is 49.9 cm³/mol. The van der Waals surface area contributed by atoms with E-state index in [1.807, 2.05) is 6.92 Å². The third-order valence-electron chi connectivity index (χ3n) is 1.87. The van der Waals surface area contributed by atoms with Gasteiger partial charge >= 0.3 is 5.97 Å². The van der Waals surface area contributed by atoms with Crippen molar-refractivity contribution >= 4 is 5.97 Å². The van der Waals surface area contributed by atoms with Crippen LogP contribution in [0.2, 0.25) is 0 Å². The zero-order valence-electron chi connectivity index (χ0n) is 8.43. The van der Waals surface area contributed by atoms with Gasteiger partial charge in [-0.25, -0.2) is 0 Å². The van der Waals surface area contributed by atoms with Crippen LogP contribution in [0.5, 0.6) is 0 Å². The fraction of sp³-hybridized carbons (Fsp3) is 0.900. The van der Waals surface area contributed by atoms with Crippen molar-refractivity contribution in [2.45, 2.75) is 46.5 Å². The molecule has 0 aromatic carbocycles. The number of carbonyl (C=O) groups excluding carboxylic acids is 1. The minimum atomic E-state index is -0.0368. The lowest BCUT2D eigenvalue weighted by Gasteiger charge is -2.09. The molecular formula is C10H20O2. The Morgan fingerprint density at radius 3 is 2.50 bits per heavy atom. The quantitative estimate of drug-likeness (QED) is 0.455. The Hall–Kier alpha value is -0.530. The van der Waals surface area contributed by atoms with Gasteiger partial charge in [-0.1, -0.05) is 33.6 Å². The highest BCUT2D eigenvalue weighted by Gasteiger charge is 2.12. The summed E-state index contributed by atoms with van der Waals surface area (Å²) < 4.78 is 5.06. The molecular weight excluding hydrogens is 152 g/mol. The maximum Gasteiger partial charge on any atom is 0.308 e. The highest BCUT2D eigenvalue weighted by Crippen LogP contribution is 2.07. The number of hydrogen-bond acceptors (Lipinski definition) is 2. The second-order valence-electron chi connectivity index (χ2n) is 3.21. The summed E-state index contributed by atoms with van der Waals surface area (Å²) >= 11 is 0. The van der Waals surface area contributed by atoms with Gasteiger partial charge in [0.25, 0.3) is 0 Å². The molecule has 0 aliphatic rings. The van der Waals surface area contributed by atoms with E-state index in [1.54, 1.807) is 0 Å². The molecule has 12 heavy (non-hydrogen) atoms. The van der Waals surface area contributed by atoms with Crippen molar-refractivity contribution in [2.24, 2.45) is 5.92 Å². The zero-order valence-corrected chi connectivity index (χ0v) is 8.43. The van der Waals surface area contributed by atoms with Crippen molar-refractivity contribution in [3.05, 3.63) is 0 Å². The Morgan fingerprint density at radius 1 is 1.33 bits per heavy atom. The molecule has 0 bridgehead atoms. The van der Waals surface area contributed by atoms with Gasteiger partial charge < -0.3 is 4.74 Å². The molecule has 1 atom stereocenters. The molecule has 0 heterocycles. The molecule has 0 aliphatic carbocycles. The molecule has 0 N–H and O–H groups in total. The normalized spacial score (nSPS) is 12.6. The van der Waals surface area contributed by atoms with Crippen molar-refractivity contribution in [3.63, 3.8) is 0 Å². The standard InChI is InChI=1S/C10H20O2/c1-4-6-8-12-10(11)9(3)7-5-2/h9H,4-8H2,1-3H3/t9-/m1/s1. The van der Waals surface area contributed by atoms with Gasteiger partial charge in [0.15, 0.2) is 0 Å². The summed E-state index contributed by atoms with van der Waals surface area (Å²) in [6.45, 7) is 6.68. The second-order valence-corrected chi connectivity index (χ2v) is 3.21. The van der Waals surface area contributed by atoms with E-state index in [0.717, 1.165) is 25.7 Å². The van der Waals surface area contributed by atoms with Crippen LogP contribution in [0, 0.1) is 5.92 Å². The summed E-state index contributed by atoms with van der Waals surface area (Å²) in [4.78, 5) is 11.2. The van der Waals surface area contributed by atoms with Gasteiger partial charge in [0.2, 0.25) is 0 Å². The first kappa shape index (κ1) is 11.5. The summed E-state index contributed by atoms with van der Waals surface area (Å²) in [5.74, 6) is 0.0390. The molecule has 2 nitrogen and oxygen atoms in total. The van der Waals surface area contributed by atoms with Crippen LogP contribution in [-0.4, -0.2) is 12.6 Å². The van der Waals surface area contributed by atoms with Crippen LogP contribution in [0.15, 0.2) is 0 Å². The van der Waals surface area contributed by atoms with Crippen molar-refractivity contribution in [1.82, 2.24) is 0 Å². The molecule has 0 amide bonds. The molecule has 0 saturated heterocycles. The van der Waals surface area contributed by atoms with E-state index in [-0.39, 0.29) is 11.9 Å². The smallest absolute Gasteiger partial charge is 0.308 e. The Kier molecular flexibility index (Phi) is 6.82. The highest BCUT2D eigenvalue weighted by atomic mass is 16.5. The Morgan fingerprint density at radius 2 is 2.00 bits per heavy atom. The number of hydrogen-bond donors (Lipinski definition) is 0. The topological polar surface area (TPSA) is 26.3 Å². The van der Waals surface area contributed by atoms with Crippen molar-refractivity contribution in [2.75, 3.05) is 6.61 Å². The molecule has 2 heteroatoms. The fourth-order valence-electron chi connectivity index (χ4n) is 1.01. The first-order valence-electron chi connectivity index (χ1n) is 4.89. The van der Waals surface area contributed by atoms with Crippen LogP contribution >= 0.6 is 0 Å². The summed E-state index contributed by atoms with van der Waals surface area (Å²) in [5, 5.41) is 0. The maximum atomic E-state index is 11.2. The maximum absolute atomic E-state index is 11.2. The van der Waals surface area contributed by atoms with E-state index in [9.17, 15) is 4.79 Å². The first-order valence-corrected chi connectivity index (χ1v) is 4.89. The fourth-order valence-corrected chi connectivity index (χ4v) is 1.01. The van der Waals surface area contributed by atoms with E-state index in [1.165, 1.54) is 0 Å². The number of unbranched alkanes of at least 4 members (excludes halogenated alkanes) is 1. The Balaban J connectivity index is 3.43. The lowest BCUT2D eigenvalue weighted by Crippen LogP contribution is -2.15. The van der Waals surface area contributed by atoms with Crippen LogP contribution in [0.3, 0.4) is 0 Å². The van der Waals surface area contributed by atoms with Gasteiger partial charge in [-0.15, -0.1) is 0 Å². The summed E-state index contributed by atoms with van der Waals surface area (Å²) in [6.07, 6.45) is 4.04. The van der Waals surface area contributed by atoms with Crippen LogP contribution in [0.25, 0.3) is 0 Å². The van der Waals surface area contributed by atoms with Crippen molar-refractivity contribution < 1.29 is 9.53 Å². The van der Waals surface area contributed by atoms with E-state index in [2.05, 4.69) is 13.8 Å². The molecule has 0 fully saturated rings. The average molecular weight is 172 g/mol. The number of rotatable bonds is 6. The monoisotopic (exact) mass is 172 g/mol. The zero-order chi connectivity index (χ0) is 9.40. The molecule has 0 aromatic rings. The third-order valence-corrected chi connectivity index (χ3v) is 1.87. The van der Waals surface area contributed by atoms with Gasteiger partial charge in [0.05, 0.1) is 12.5 Å². The van der Waals surface area contributed by atoms with Gasteiger partial charge in [0, 0.05) is 0 Å². The Labute approximate surface area is 75.3 Å². The number of carbonyl (C=O) groups is 1. The Bertz CT molecular complexity index is 121. The summed E-state index contributed by atoms with van der Waals surface area (Å²) in [5.41, 5.74) is 0. The SMILES string of the molecule is CCCCOC(=O)[C@H](C)CCC. The molecule has 72 valence electrons. The van der Waals surface area contributed by atoms with Crippen LogP contribution in [0.1, 0.15) is 46.5 Å². The first-order chi connectivity index (χ1) is 5.72. The van der Waals surface area contributed by atoms with Crippen molar-refractivity contribution in [1.29, 1.82) is 0 Å². The highest BCUT2D eigenvalue weighted by molar-refractivity contribution is 5.71. The minimum Gasteiger partial charge on any atom is -0.465 e. The lowest BCUT2D eigenvalue weighted by molar-refractivity contribution is -0.148. The minimum absolute atomic E-state index is 0.0368. The van der Waals surface area contributed by atoms with Gasteiger partial charge in [-0.3, -0.25) is 4.79 Å². The molecule has 0 saturated carbocycles. The van der Waals surface area contributed by atoms with Crippen molar-refractivity contribution in [3.8, 4) is 0 Å². The molecule has 0 aliphatic heterocycles. The van der Waals surface area contributed by atoms with E-state index >= 15 is 0 Å². The molecule has 0 rings (SSSR count). The van der Waals surface area contributed by atoms with Crippen LogP contribution < -0.4 is 0 Å². The molecule has 0 radical (unpaired) electrons. The van der Waals surface area contributed by atoms with Gasteiger partial charge in [-0.2, -0.15) is 0 Å². The summed E-state index contributed by atoms with van der Waals surface area (Å²) in [7, 11) is 0. The second kappa shape index (κ2) is 7.14. The molecule has 0 unspecified atom stereocenters. The number of esters is 1. The van der Waals surface area contributed by atoms with E-state index < -0.39 is 0 Å². The predicted octanol–water partition coefficient (Wildman–Crippen LogP) is 2.77. The van der Waals surface area contributed by atoms with Crippen LogP contribution in [0.4, 0.5) is 0 Å². The average Bonchev–Trinajstić information content (AvgIpc) is 2.05. The molecule has 0 aromatic heterocycles. The summed E-state index contributed by atoms with van der Waals surface area (Å²) in [6, 6.07) is 0. The van der Waals surface area contributed by atoms with E-state index in [0.29, 0.717) is 6.61 Å². The number of ether oxygens (including phenoxy) is 1.